The summed E-state index contributed by atoms with van der Waals surface area (Å²) in [6.45, 7) is 7.74. The first-order valence-corrected chi connectivity index (χ1v) is 10.3. The van der Waals surface area contributed by atoms with E-state index in [2.05, 4.69) is 20.1 Å². The lowest BCUT2D eigenvalue weighted by molar-refractivity contribution is 0.0169. The van der Waals surface area contributed by atoms with Gasteiger partial charge in [0.15, 0.2) is 5.96 Å². The Hall–Kier alpha value is -1.70. The first-order valence-electron chi connectivity index (χ1n) is 10.3. The van der Waals surface area contributed by atoms with Crippen LogP contribution in [-0.4, -0.2) is 82.0 Å². The molecule has 0 aliphatic carbocycles. The number of ether oxygens (including phenoxy) is 2. The zero-order chi connectivity index (χ0) is 19.4. The molecule has 2 atom stereocenters. The normalized spacial score (nSPS) is 27.5. The van der Waals surface area contributed by atoms with Gasteiger partial charge in [0.1, 0.15) is 5.82 Å². The number of guanidine groups is 1. The second kappa shape index (κ2) is 8.76. The third-order valence-electron chi connectivity index (χ3n) is 6.33. The molecule has 0 radical (unpaired) electrons. The van der Waals surface area contributed by atoms with Gasteiger partial charge in [0.05, 0.1) is 25.9 Å². The van der Waals surface area contributed by atoms with Gasteiger partial charge in [0.2, 0.25) is 0 Å². The molecule has 6 nitrogen and oxygen atoms in total. The smallest absolute Gasteiger partial charge is 0.193 e. The molecule has 1 aromatic carbocycles. The van der Waals surface area contributed by atoms with E-state index < -0.39 is 0 Å². The van der Waals surface area contributed by atoms with Gasteiger partial charge in [0.25, 0.3) is 0 Å². The van der Waals surface area contributed by atoms with Gasteiger partial charge in [-0.3, -0.25) is 9.89 Å². The number of halogens is 1. The number of aliphatic imine (C=N–C) groups is 1. The summed E-state index contributed by atoms with van der Waals surface area (Å²) in [7, 11) is 1.85. The van der Waals surface area contributed by atoms with Crippen LogP contribution >= 0.6 is 0 Å². The van der Waals surface area contributed by atoms with Crippen LogP contribution in [-0.2, 0) is 9.47 Å². The van der Waals surface area contributed by atoms with Gasteiger partial charge in [0, 0.05) is 51.8 Å². The second-order valence-corrected chi connectivity index (χ2v) is 8.12. The molecule has 3 saturated heterocycles. The summed E-state index contributed by atoms with van der Waals surface area (Å²) >= 11 is 0. The number of nitrogens with one attached hydrogen (secondary N) is 1. The second-order valence-electron chi connectivity index (χ2n) is 8.12. The van der Waals surface area contributed by atoms with Crippen molar-refractivity contribution < 1.29 is 13.9 Å². The van der Waals surface area contributed by atoms with Crippen molar-refractivity contribution in [2.24, 2.45) is 10.4 Å². The van der Waals surface area contributed by atoms with E-state index in [1.807, 2.05) is 19.2 Å². The number of likely N-dealkylation sites (tertiary alicyclic amines) is 1. The highest BCUT2D eigenvalue weighted by Gasteiger charge is 2.42. The van der Waals surface area contributed by atoms with Crippen molar-refractivity contribution in [3.8, 4) is 0 Å². The van der Waals surface area contributed by atoms with Crippen LogP contribution in [0.5, 0.6) is 0 Å². The minimum absolute atomic E-state index is 0.160. The monoisotopic (exact) mass is 390 g/mol. The number of benzene rings is 1. The average Bonchev–Trinajstić information content (AvgIpc) is 3.37. The summed E-state index contributed by atoms with van der Waals surface area (Å²) in [6, 6.07) is 7.03. The fraction of sp³-hybridized carbons (Fsp3) is 0.667. The predicted molar refractivity (Wildman–Crippen MR) is 107 cm³/mol. The van der Waals surface area contributed by atoms with Crippen LogP contribution < -0.4 is 5.32 Å². The molecule has 0 saturated carbocycles. The third kappa shape index (κ3) is 4.31. The standard InChI is InChI=1S/C21H31FN4O2/c1-23-20(26-8-6-21(15-26)7-11-28-16-21)24-14-19(25-9-12-27-13-10-25)17-2-4-18(22)5-3-17/h2-5,19H,6-16H2,1H3,(H,23,24). The lowest BCUT2D eigenvalue weighted by Crippen LogP contribution is -2.47. The van der Waals surface area contributed by atoms with Crippen LogP contribution in [0.3, 0.4) is 0 Å². The summed E-state index contributed by atoms with van der Waals surface area (Å²) in [4.78, 5) is 9.30. The Labute approximate surface area is 166 Å². The van der Waals surface area contributed by atoms with Crippen molar-refractivity contribution in [3.63, 3.8) is 0 Å². The molecule has 3 heterocycles. The Morgan fingerprint density at radius 2 is 1.93 bits per heavy atom. The highest BCUT2D eigenvalue weighted by atomic mass is 19.1. The molecule has 3 aliphatic heterocycles. The molecule has 1 N–H and O–H groups in total. The van der Waals surface area contributed by atoms with E-state index >= 15 is 0 Å². The Bertz CT molecular complexity index is 669. The summed E-state index contributed by atoms with van der Waals surface area (Å²) in [5.41, 5.74) is 1.42. The topological polar surface area (TPSA) is 49.3 Å². The van der Waals surface area contributed by atoms with Crippen LogP contribution in [0.25, 0.3) is 0 Å². The largest absolute Gasteiger partial charge is 0.381 e. The number of hydrogen-bond acceptors (Lipinski definition) is 4. The van der Waals surface area contributed by atoms with Crippen LogP contribution in [0, 0.1) is 11.2 Å². The SMILES string of the molecule is CN=C(NCC(c1ccc(F)cc1)N1CCOCC1)N1CCC2(CCOC2)C1. The van der Waals surface area contributed by atoms with E-state index in [-0.39, 0.29) is 11.9 Å². The molecule has 1 aromatic rings. The van der Waals surface area contributed by atoms with E-state index in [1.165, 1.54) is 6.42 Å². The molecule has 7 heteroatoms. The molecule has 2 unspecified atom stereocenters. The Kier molecular flexibility index (Phi) is 6.13. The average molecular weight is 391 g/mol. The minimum Gasteiger partial charge on any atom is -0.381 e. The Morgan fingerprint density at radius 3 is 2.61 bits per heavy atom. The fourth-order valence-corrected chi connectivity index (χ4v) is 4.64. The number of hydrogen-bond donors (Lipinski definition) is 1. The Balaban J connectivity index is 1.43. The molecule has 3 fully saturated rings. The predicted octanol–water partition coefficient (Wildman–Crippen LogP) is 1.89. The van der Waals surface area contributed by atoms with Gasteiger partial charge < -0.3 is 19.7 Å². The van der Waals surface area contributed by atoms with Gasteiger partial charge in [-0.1, -0.05) is 12.1 Å². The first-order chi connectivity index (χ1) is 13.7. The van der Waals surface area contributed by atoms with E-state index in [9.17, 15) is 4.39 Å². The van der Waals surface area contributed by atoms with Crippen molar-refractivity contribution in [1.82, 2.24) is 15.1 Å². The molecule has 0 amide bonds. The minimum atomic E-state index is -0.200. The van der Waals surface area contributed by atoms with E-state index in [0.717, 1.165) is 77.1 Å². The summed E-state index contributed by atoms with van der Waals surface area (Å²) in [6.07, 6.45) is 2.31. The first kappa shape index (κ1) is 19.6. The molecular formula is C21H31FN4O2. The van der Waals surface area contributed by atoms with Gasteiger partial charge in [-0.05, 0) is 30.5 Å². The quantitative estimate of drug-likeness (QED) is 0.629. The van der Waals surface area contributed by atoms with Crippen LogP contribution in [0.15, 0.2) is 29.3 Å². The molecule has 0 bridgehead atoms. The molecule has 4 rings (SSSR count). The lowest BCUT2D eigenvalue weighted by Gasteiger charge is -2.36. The maximum Gasteiger partial charge on any atom is 0.193 e. The number of nitrogens with zero attached hydrogens (tertiary/aromatic N) is 3. The number of rotatable bonds is 4. The zero-order valence-electron chi connectivity index (χ0n) is 16.7. The number of morpholine rings is 1. The molecule has 0 aromatic heterocycles. The van der Waals surface area contributed by atoms with Gasteiger partial charge >= 0.3 is 0 Å². The Morgan fingerprint density at radius 1 is 1.14 bits per heavy atom. The molecule has 1 spiro atoms. The zero-order valence-corrected chi connectivity index (χ0v) is 16.7. The van der Waals surface area contributed by atoms with Crippen molar-refractivity contribution in [2.45, 2.75) is 18.9 Å². The molecule has 28 heavy (non-hydrogen) atoms. The fourth-order valence-electron chi connectivity index (χ4n) is 4.64. The van der Waals surface area contributed by atoms with Crippen molar-refractivity contribution in [2.75, 3.05) is 66.2 Å². The van der Waals surface area contributed by atoms with E-state index in [4.69, 9.17) is 9.47 Å². The van der Waals surface area contributed by atoms with Crippen molar-refractivity contribution in [3.05, 3.63) is 35.6 Å². The maximum atomic E-state index is 13.4. The van der Waals surface area contributed by atoms with Gasteiger partial charge in [-0.15, -0.1) is 0 Å². The van der Waals surface area contributed by atoms with Crippen LogP contribution in [0.2, 0.25) is 0 Å². The van der Waals surface area contributed by atoms with Gasteiger partial charge in [-0.2, -0.15) is 0 Å². The van der Waals surface area contributed by atoms with Crippen LogP contribution in [0.1, 0.15) is 24.4 Å². The highest BCUT2D eigenvalue weighted by Crippen LogP contribution is 2.38. The van der Waals surface area contributed by atoms with Gasteiger partial charge in [-0.25, -0.2) is 4.39 Å². The summed E-state index contributed by atoms with van der Waals surface area (Å²) < 4.78 is 24.6. The van der Waals surface area contributed by atoms with Crippen LogP contribution in [0.4, 0.5) is 4.39 Å². The molecular weight excluding hydrogens is 359 g/mol. The molecule has 154 valence electrons. The van der Waals surface area contributed by atoms with E-state index in [0.29, 0.717) is 5.41 Å². The summed E-state index contributed by atoms with van der Waals surface area (Å²) in [5, 5.41) is 3.59. The summed E-state index contributed by atoms with van der Waals surface area (Å²) in [5.74, 6) is 0.749. The third-order valence-corrected chi connectivity index (χ3v) is 6.33. The lowest BCUT2D eigenvalue weighted by atomic mass is 9.87. The van der Waals surface area contributed by atoms with Crippen molar-refractivity contribution >= 4 is 5.96 Å². The van der Waals surface area contributed by atoms with Crippen molar-refractivity contribution in [1.29, 1.82) is 0 Å². The highest BCUT2D eigenvalue weighted by molar-refractivity contribution is 5.80. The maximum absolute atomic E-state index is 13.4. The molecule has 3 aliphatic rings. The van der Waals surface area contributed by atoms with E-state index in [1.54, 1.807) is 12.1 Å².